The number of amides is 2. The number of nitrogens with zero attached hydrogens (tertiary/aromatic N) is 5. The fourth-order valence-electron chi connectivity index (χ4n) is 3.29. The normalized spacial score (nSPS) is 12.7. The predicted molar refractivity (Wildman–Crippen MR) is 151 cm³/mol. The average molecular weight is 594 g/mol. The summed E-state index contributed by atoms with van der Waals surface area (Å²) >= 11 is 7.33. The highest BCUT2D eigenvalue weighted by Gasteiger charge is 2.37. The summed E-state index contributed by atoms with van der Waals surface area (Å²) in [6, 6.07) is 4.18. The first-order valence-corrected chi connectivity index (χ1v) is 16.8. The lowest BCUT2D eigenvalue weighted by molar-refractivity contribution is -0.126. The molecule has 10 nitrogen and oxygen atoms in total. The first kappa shape index (κ1) is 30.7. The van der Waals surface area contributed by atoms with Gasteiger partial charge in [-0.15, -0.1) is 0 Å². The molecule has 3 heterocycles. The van der Waals surface area contributed by atoms with E-state index in [2.05, 4.69) is 64.8 Å². The van der Waals surface area contributed by atoms with Crippen molar-refractivity contribution in [1.82, 2.24) is 35.6 Å². The SMILES string of the molecule is CSc1nccc(-c2cc(F)nc(C(=O)NNC(=O)C(CCO[Si](C)(C)C(C)(C)C)Cn3cc(Cl)cn3)c2)n1. The molecule has 1 atom stereocenters. The van der Waals surface area contributed by atoms with Crippen LogP contribution in [0.1, 0.15) is 37.7 Å². The molecule has 3 aromatic rings. The van der Waals surface area contributed by atoms with Crippen molar-refractivity contribution >= 4 is 43.5 Å². The molecule has 0 aliphatic heterocycles. The van der Waals surface area contributed by atoms with Crippen molar-refractivity contribution in [1.29, 1.82) is 0 Å². The summed E-state index contributed by atoms with van der Waals surface area (Å²) in [5.74, 6) is -2.68. The van der Waals surface area contributed by atoms with Gasteiger partial charge in [-0.1, -0.05) is 44.1 Å². The summed E-state index contributed by atoms with van der Waals surface area (Å²) in [6.45, 7) is 11.3. The zero-order valence-corrected chi connectivity index (χ0v) is 25.4. The maximum atomic E-state index is 14.3. The van der Waals surface area contributed by atoms with Crippen LogP contribution in [0.25, 0.3) is 11.3 Å². The van der Waals surface area contributed by atoms with E-state index in [1.54, 1.807) is 23.1 Å². The van der Waals surface area contributed by atoms with E-state index in [0.29, 0.717) is 34.5 Å². The van der Waals surface area contributed by atoms with Crippen LogP contribution in [0.5, 0.6) is 0 Å². The third kappa shape index (κ3) is 8.55. The molecule has 0 saturated carbocycles. The van der Waals surface area contributed by atoms with Gasteiger partial charge >= 0.3 is 0 Å². The van der Waals surface area contributed by atoms with Crippen LogP contribution in [-0.4, -0.2) is 57.7 Å². The molecule has 0 aliphatic rings. The van der Waals surface area contributed by atoms with E-state index >= 15 is 0 Å². The second-order valence-electron chi connectivity index (χ2n) is 10.4. The number of halogens is 2. The summed E-state index contributed by atoms with van der Waals surface area (Å²) in [6.07, 6.45) is 6.86. The first-order valence-electron chi connectivity index (χ1n) is 12.3. The Labute approximate surface area is 237 Å². The lowest BCUT2D eigenvalue weighted by Gasteiger charge is -2.36. The topological polar surface area (TPSA) is 124 Å². The van der Waals surface area contributed by atoms with E-state index in [1.165, 1.54) is 30.1 Å². The molecule has 1 unspecified atom stereocenters. The van der Waals surface area contributed by atoms with Gasteiger partial charge in [0.15, 0.2) is 13.5 Å². The molecule has 14 heteroatoms. The number of hydrazine groups is 1. The molecular formula is C25H33ClFN7O3SSi. The molecule has 39 heavy (non-hydrogen) atoms. The van der Waals surface area contributed by atoms with Crippen LogP contribution >= 0.6 is 23.4 Å². The number of aromatic nitrogens is 5. The predicted octanol–water partition coefficient (Wildman–Crippen LogP) is 4.74. The molecule has 0 spiro atoms. The first-order chi connectivity index (χ1) is 18.3. The smallest absolute Gasteiger partial charge is 0.288 e. The van der Waals surface area contributed by atoms with Crippen LogP contribution < -0.4 is 10.9 Å². The van der Waals surface area contributed by atoms with Crippen molar-refractivity contribution in [3.63, 3.8) is 0 Å². The summed E-state index contributed by atoms with van der Waals surface area (Å²) in [7, 11) is -2.02. The van der Waals surface area contributed by atoms with E-state index < -0.39 is 32.0 Å². The average Bonchev–Trinajstić information content (AvgIpc) is 3.29. The van der Waals surface area contributed by atoms with Crippen molar-refractivity contribution < 1.29 is 18.4 Å². The summed E-state index contributed by atoms with van der Waals surface area (Å²) in [4.78, 5) is 38.0. The number of thioether (sulfide) groups is 1. The van der Waals surface area contributed by atoms with Gasteiger partial charge in [-0.05, 0) is 42.9 Å². The van der Waals surface area contributed by atoms with E-state index in [1.807, 2.05) is 6.26 Å². The standard InChI is InChI=1S/C25H33ClFN7O3SSi/c1-25(2,3)39(5,6)37-10-8-16(14-34-15-18(26)13-29-34)22(35)32-33-23(36)20-11-17(12-21(27)30-20)19-7-9-28-24(31-19)38-4/h7,9,11-13,15-16H,8,10,14H2,1-6H3,(H,32,35)(H,33,36). The Morgan fingerprint density at radius 1 is 1.23 bits per heavy atom. The molecule has 3 rings (SSSR count). The molecular weight excluding hydrogens is 561 g/mol. The van der Waals surface area contributed by atoms with Gasteiger partial charge < -0.3 is 4.43 Å². The minimum atomic E-state index is -2.02. The van der Waals surface area contributed by atoms with Crippen molar-refractivity contribution in [3.05, 3.63) is 53.5 Å². The molecule has 3 aromatic heterocycles. The monoisotopic (exact) mass is 593 g/mol. The second kappa shape index (κ2) is 13.0. The van der Waals surface area contributed by atoms with Crippen molar-refractivity contribution in [2.45, 2.75) is 57.0 Å². The zero-order valence-electron chi connectivity index (χ0n) is 22.8. The van der Waals surface area contributed by atoms with Crippen LogP contribution in [0.3, 0.4) is 0 Å². The van der Waals surface area contributed by atoms with Gasteiger partial charge in [-0.2, -0.15) is 9.49 Å². The van der Waals surface area contributed by atoms with E-state index in [0.717, 1.165) is 0 Å². The highest BCUT2D eigenvalue weighted by atomic mass is 35.5. The molecule has 0 radical (unpaired) electrons. The zero-order chi connectivity index (χ0) is 28.8. The van der Waals surface area contributed by atoms with Gasteiger partial charge in [0, 0.05) is 30.6 Å². The van der Waals surface area contributed by atoms with Gasteiger partial charge in [0.1, 0.15) is 5.69 Å². The molecule has 0 saturated heterocycles. The van der Waals surface area contributed by atoms with Crippen LogP contribution in [0.4, 0.5) is 4.39 Å². The Morgan fingerprint density at radius 2 is 1.97 bits per heavy atom. The molecule has 0 fully saturated rings. The summed E-state index contributed by atoms with van der Waals surface area (Å²) < 4.78 is 22.1. The molecule has 210 valence electrons. The number of hydrogen-bond donors (Lipinski definition) is 2. The second-order valence-corrected chi connectivity index (χ2v) is 16.4. The Hall–Kier alpha value is -2.87. The van der Waals surface area contributed by atoms with Crippen LogP contribution in [0.2, 0.25) is 23.2 Å². The Morgan fingerprint density at radius 3 is 2.62 bits per heavy atom. The molecule has 0 bridgehead atoms. The van der Waals surface area contributed by atoms with Gasteiger partial charge in [0.25, 0.3) is 5.91 Å². The van der Waals surface area contributed by atoms with Crippen molar-refractivity contribution in [3.8, 4) is 11.3 Å². The number of pyridine rings is 1. The van der Waals surface area contributed by atoms with Gasteiger partial charge in [0.05, 0.1) is 29.4 Å². The van der Waals surface area contributed by atoms with Gasteiger partial charge in [-0.3, -0.25) is 25.1 Å². The van der Waals surface area contributed by atoms with E-state index in [-0.39, 0.29) is 17.3 Å². The molecule has 0 aliphatic carbocycles. The highest BCUT2D eigenvalue weighted by molar-refractivity contribution is 7.98. The maximum Gasteiger partial charge on any atom is 0.288 e. The largest absolute Gasteiger partial charge is 0.417 e. The molecule has 2 N–H and O–H groups in total. The lowest BCUT2D eigenvalue weighted by Crippen LogP contribution is -2.46. The number of nitrogens with one attached hydrogen (secondary N) is 2. The number of carbonyl (C=O) groups is 2. The molecule has 0 aromatic carbocycles. The van der Waals surface area contributed by atoms with Crippen LogP contribution in [0.15, 0.2) is 41.9 Å². The third-order valence-electron chi connectivity index (χ3n) is 6.55. The minimum Gasteiger partial charge on any atom is -0.417 e. The van der Waals surface area contributed by atoms with Crippen molar-refractivity contribution in [2.75, 3.05) is 12.9 Å². The van der Waals surface area contributed by atoms with E-state index in [9.17, 15) is 14.0 Å². The fourth-order valence-corrected chi connectivity index (χ4v) is 4.86. The van der Waals surface area contributed by atoms with E-state index in [4.69, 9.17) is 16.0 Å². The van der Waals surface area contributed by atoms with Gasteiger partial charge in [-0.25, -0.2) is 15.0 Å². The highest BCUT2D eigenvalue weighted by Crippen LogP contribution is 2.36. The van der Waals surface area contributed by atoms with Crippen LogP contribution in [0, 0.1) is 11.9 Å². The number of carbonyl (C=O) groups excluding carboxylic acids is 2. The Balaban J connectivity index is 1.70. The summed E-state index contributed by atoms with van der Waals surface area (Å²) in [5, 5.41) is 5.13. The van der Waals surface area contributed by atoms with Gasteiger partial charge in [0.2, 0.25) is 11.9 Å². The lowest BCUT2D eigenvalue weighted by atomic mass is 10.1. The minimum absolute atomic E-state index is 0.0216. The Kier molecular flexibility index (Phi) is 10.2. The quantitative estimate of drug-likeness (QED) is 0.114. The maximum absolute atomic E-state index is 14.3. The summed E-state index contributed by atoms with van der Waals surface area (Å²) in [5.41, 5.74) is 5.35. The third-order valence-corrected chi connectivity index (χ3v) is 11.8. The van der Waals surface area contributed by atoms with Crippen molar-refractivity contribution in [2.24, 2.45) is 5.92 Å². The fraction of sp³-hybridized carbons (Fsp3) is 0.440. The molecule has 2 amide bonds. The van der Waals surface area contributed by atoms with Crippen LogP contribution in [-0.2, 0) is 15.8 Å². The number of hydrogen-bond acceptors (Lipinski definition) is 8. The Bertz CT molecular complexity index is 1320. The number of rotatable bonds is 10.